The SMILES string of the molecule is CCC(C(=O)NCCN1CCOCC1)N(c1ccccc1F)S(C)(=O)=O. The van der Waals surface area contributed by atoms with Crippen LogP contribution < -0.4 is 9.62 Å². The Balaban J connectivity index is 2.09. The van der Waals surface area contributed by atoms with Crippen LogP contribution in [0.4, 0.5) is 10.1 Å². The van der Waals surface area contributed by atoms with Gasteiger partial charge in [0.15, 0.2) is 0 Å². The van der Waals surface area contributed by atoms with Crippen LogP contribution in [0.15, 0.2) is 24.3 Å². The van der Waals surface area contributed by atoms with E-state index < -0.39 is 27.8 Å². The van der Waals surface area contributed by atoms with Crippen LogP contribution in [0.1, 0.15) is 13.3 Å². The van der Waals surface area contributed by atoms with Crippen molar-refractivity contribution in [1.82, 2.24) is 10.2 Å². The zero-order valence-electron chi connectivity index (χ0n) is 15.2. The van der Waals surface area contributed by atoms with Crippen molar-refractivity contribution in [2.75, 3.05) is 50.0 Å². The Kier molecular flexibility index (Phi) is 7.36. The number of anilines is 1. The number of amides is 1. The molecule has 1 fully saturated rings. The van der Waals surface area contributed by atoms with E-state index in [-0.39, 0.29) is 12.1 Å². The van der Waals surface area contributed by atoms with Crippen molar-refractivity contribution in [1.29, 1.82) is 0 Å². The summed E-state index contributed by atoms with van der Waals surface area (Å²) < 4.78 is 44.8. The van der Waals surface area contributed by atoms with E-state index in [4.69, 9.17) is 4.74 Å². The second-order valence-corrected chi connectivity index (χ2v) is 8.04. The molecular weight excluding hydrogens is 361 g/mol. The number of halogens is 1. The molecule has 0 aliphatic carbocycles. The van der Waals surface area contributed by atoms with Gasteiger partial charge in [0.1, 0.15) is 11.9 Å². The summed E-state index contributed by atoms with van der Waals surface area (Å²) in [7, 11) is -3.84. The Bertz CT molecular complexity index is 708. The number of carbonyl (C=O) groups is 1. The zero-order chi connectivity index (χ0) is 19.2. The average Bonchev–Trinajstić information content (AvgIpc) is 2.60. The molecule has 0 radical (unpaired) electrons. The summed E-state index contributed by atoms with van der Waals surface area (Å²) in [5.41, 5.74) is -0.120. The lowest BCUT2D eigenvalue weighted by Crippen LogP contribution is -2.51. The Morgan fingerprint density at radius 2 is 2.00 bits per heavy atom. The topological polar surface area (TPSA) is 79.0 Å². The van der Waals surface area contributed by atoms with E-state index in [1.165, 1.54) is 18.2 Å². The van der Waals surface area contributed by atoms with Crippen LogP contribution in [-0.2, 0) is 19.6 Å². The molecule has 1 heterocycles. The molecule has 0 spiro atoms. The summed E-state index contributed by atoms with van der Waals surface area (Å²) in [6, 6.07) is 4.55. The Hall–Kier alpha value is -1.71. The number of benzene rings is 1. The van der Waals surface area contributed by atoms with E-state index in [1.807, 2.05) is 0 Å². The number of carbonyl (C=O) groups excluding carboxylic acids is 1. The van der Waals surface area contributed by atoms with Gasteiger partial charge in [0.25, 0.3) is 0 Å². The molecule has 1 N–H and O–H groups in total. The van der Waals surface area contributed by atoms with Crippen molar-refractivity contribution in [3.63, 3.8) is 0 Å². The first-order chi connectivity index (χ1) is 12.3. The zero-order valence-corrected chi connectivity index (χ0v) is 16.0. The van der Waals surface area contributed by atoms with Gasteiger partial charge < -0.3 is 10.1 Å². The van der Waals surface area contributed by atoms with Crippen molar-refractivity contribution in [3.05, 3.63) is 30.1 Å². The number of ether oxygens (including phenoxy) is 1. The lowest BCUT2D eigenvalue weighted by atomic mass is 10.2. The molecule has 1 aromatic rings. The Morgan fingerprint density at radius 3 is 2.58 bits per heavy atom. The Morgan fingerprint density at radius 1 is 1.35 bits per heavy atom. The first-order valence-corrected chi connectivity index (χ1v) is 10.5. The van der Waals surface area contributed by atoms with E-state index in [1.54, 1.807) is 13.0 Å². The van der Waals surface area contributed by atoms with E-state index in [0.29, 0.717) is 26.3 Å². The van der Waals surface area contributed by atoms with Gasteiger partial charge in [0, 0.05) is 26.2 Å². The summed E-state index contributed by atoms with van der Waals surface area (Å²) in [6.07, 6.45) is 1.20. The van der Waals surface area contributed by atoms with Crippen molar-refractivity contribution in [2.45, 2.75) is 19.4 Å². The number of sulfonamides is 1. The molecular formula is C17H26FN3O4S. The summed E-state index contributed by atoms with van der Waals surface area (Å²) in [4.78, 5) is 14.8. The van der Waals surface area contributed by atoms with E-state index in [0.717, 1.165) is 23.7 Å². The summed E-state index contributed by atoms with van der Waals surface area (Å²) in [5, 5.41) is 2.77. The lowest BCUT2D eigenvalue weighted by molar-refractivity contribution is -0.122. The van der Waals surface area contributed by atoms with Crippen LogP contribution in [0.25, 0.3) is 0 Å². The Labute approximate surface area is 154 Å². The number of morpholine rings is 1. The second-order valence-electron chi connectivity index (χ2n) is 6.18. The quantitative estimate of drug-likeness (QED) is 0.715. The minimum atomic E-state index is -3.84. The molecule has 7 nitrogen and oxygen atoms in total. The molecule has 1 atom stereocenters. The second kappa shape index (κ2) is 9.29. The van der Waals surface area contributed by atoms with Crippen molar-refractivity contribution in [2.24, 2.45) is 0 Å². The first kappa shape index (κ1) is 20.6. The smallest absolute Gasteiger partial charge is 0.243 e. The number of nitrogens with one attached hydrogen (secondary N) is 1. The van der Waals surface area contributed by atoms with Crippen molar-refractivity contribution in [3.8, 4) is 0 Å². The molecule has 0 aromatic heterocycles. The highest BCUT2D eigenvalue weighted by molar-refractivity contribution is 7.92. The minimum absolute atomic E-state index is 0.120. The fourth-order valence-electron chi connectivity index (χ4n) is 2.95. The molecule has 1 amide bonds. The first-order valence-electron chi connectivity index (χ1n) is 8.66. The number of para-hydroxylation sites is 1. The van der Waals surface area contributed by atoms with Crippen LogP contribution in [-0.4, -0.2) is 70.9 Å². The van der Waals surface area contributed by atoms with Crippen molar-refractivity contribution < 1.29 is 22.3 Å². The molecule has 1 aliphatic rings. The fourth-order valence-corrected chi connectivity index (χ4v) is 4.16. The molecule has 2 rings (SSSR count). The molecule has 146 valence electrons. The third kappa shape index (κ3) is 5.39. The number of hydrogen-bond donors (Lipinski definition) is 1. The van der Waals surface area contributed by atoms with Crippen LogP contribution in [0.5, 0.6) is 0 Å². The predicted octanol–water partition coefficient (Wildman–Crippen LogP) is 0.819. The highest BCUT2D eigenvalue weighted by Gasteiger charge is 2.32. The molecule has 0 saturated carbocycles. The lowest BCUT2D eigenvalue weighted by Gasteiger charge is -2.31. The van der Waals surface area contributed by atoms with Crippen LogP contribution >= 0.6 is 0 Å². The molecule has 0 bridgehead atoms. The van der Waals surface area contributed by atoms with Gasteiger partial charge in [0.05, 0.1) is 25.2 Å². The highest BCUT2D eigenvalue weighted by Crippen LogP contribution is 2.25. The van der Waals surface area contributed by atoms with Crippen LogP contribution in [0, 0.1) is 5.82 Å². The number of hydrogen-bond acceptors (Lipinski definition) is 5. The molecule has 26 heavy (non-hydrogen) atoms. The molecule has 1 saturated heterocycles. The summed E-state index contributed by atoms with van der Waals surface area (Å²) >= 11 is 0. The maximum atomic E-state index is 14.2. The van der Waals surface area contributed by atoms with Crippen LogP contribution in [0.3, 0.4) is 0 Å². The highest BCUT2D eigenvalue weighted by atomic mass is 32.2. The third-order valence-corrected chi connectivity index (χ3v) is 5.42. The average molecular weight is 387 g/mol. The molecule has 1 unspecified atom stereocenters. The fraction of sp³-hybridized carbons (Fsp3) is 0.588. The summed E-state index contributed by atoms with van der Waals surface area (Å²) in [5.74, 6) is -1.12. The summed E-state index contributed by atoms with van der Waals surface area (Å²) in [6.45, 7) is 5.69. The van der Waals surface area contributed by atoms with Gasteiger partial charge in [-0.1, -0.05) is 19.1 Å². The van der Waals surface area contributed by atoms with Gasteiger partial charge in [-0.25, -0.2) is 12.8 Å². The maximum absolute atomic E-state index is 14.2. The van der Waals surface area contributed by atoms with Crippen LogP contribution in [0.2, 0.25) is 0 Å². The number of rotatable bonds is 8. The largest absolute Gasteiger partial charge is 0.379 e. The molecule has 1 aromatic carbocycles. The van der Waals surface area contributed by atoms with E-state index in [9.17, 15) is 17.6 Å². The maximum Gasteiger partial charge on any atom is 0.243 e. The van der Waals surface area contributed by atoms with Gasteiger partial charge >= 0.3 is 0 Å². The van der Waals surface area contributed by atoms with E-state index >= 15 is 0 Å². The van der Waals surface area contributed by atoms with Gasteiger partial charge in [0.2, 0.25) is 15.9 Å². The molecule has 1 aliphatic heterocycles. The predicted molar refractivity (Wildman–Crippen MR) is 98.1 cm³/mol. The normalized spacial score (nSPS) is 16.9. The monoisotopic (exact) mass is 387 g/mol. The van der Waals surface area contributed by atoms with Gasteiger partial charge in [-0.2, -0.15) is 0 Å². The van der Waals surface area contributed by atoms with Crippen molar-refractivity contribution >= 4 is 21.6 Å². The molecule has 9 heteroatoms. The third-order valence-electron chi connectivity index (χ3n) is 4.25. The van der Waals surface area contributed by atoms with Gasteiger partial charge in [-0.05, 0) is 18.6 Å². The van der Waals surface area contributed by atoms with E-state index in [2.05, 4.69) is 10.2 Å². The van der Waals surface area contributed by atoms with Gasteiger partial charge in [-0.15, -0.1) is 0 Å². The standard InChI is InChI=1S/C17H26FN3O4S/c1-3-15(17(22)19-8-9-20-10-12-25-13-11-20)21(26(2,23)24)16-7-5-4-6-14(16)18/h4-7,15H,3,8-13H2,1-2H3,(H,19,22). The minimum Gasteiger partial charge on any atom is -0.379 e. The number of nitrogens with zero attached hydrogens (tertiary/aromatic N) is 2. The van der Waals surface area contributed by atoms with Gasteiger partial charge in [-0.3, -0.25) is 14.0 Å².